The summed E-state index contributed by atoms with van der Waals surface area (Å²) in [5.41, 5.74) is 7.06. The first kappa shape index (κ1) is 14.7. The van der Waals surface area contributed by atoms with Gasteiger partial charge in [0.15, 0.2) is 0 Å². The van der Waals surface area contributed by atoms with Crippen LogP contribution in [0.25, 0.3) is 22.2 Å². The van der Waals surface area contributed by atoms with E-state index in [1.807, 2.05) is 30.3 Å². The van der Waals surface area contributed by atoms with Crippen LogP contribution in [0, 0.1) is 5.92 Å². The lowest BCUT2D eigenvalue weighted by Gasteiger charge is -2.06. The maximum atomic E-state index is 11.8. The number of fused-ring (bicyclic) bond motifs is 1. The summed E-state index contributed by atoms with van der Waals surface area (Å²) in [6.07, 6.45) is 3.72. The van der Waals surface area contributed by atoms with Crippen LogP contribution in [0.3, 0.4) is 0 Å². The monoisotopic (exact) mass is 317 g/mol. The molecule has 1 N–H and O–H groups in total. The van der Waals surface area contributed by atoms with Crippen molar-refractivity contribution in [3.8, 4) is 11.3 Å². The fourth-order valence-corrected chi connectivity index (χ4v) is 3.10. The van der Waals surface area contributed by atoms with Crippen LogP contribution in [0.2, 0.25) is 0 Å². The molecule has 0 atom stereocenters. The zero-order chi connectivity index (χ0) is 16.5. The van der Waals surface area contributed by atoms with E-state index in [0.717, 1.165) is 40.6 Å². The normalized spacial score (nSPS) is 14.4. The van der Waals surface area contributed by atoms with Crippen LogP contribution in [-0.4, -0.2) is 16.7 Å². The second-order valence-electron chi connectivity index (χ2n) is 6.21. The number of aromatic nitrogens is 1. The average Bonchev–Trinajstić information content (AvgIpc) is 3.43. The number of benzene rings is 2. The van der Waals surface area contributed by atoms with Crippen molar-refractivity contribution in [1.29, 1.82) is 0 Å². The van der Waals surface area contributed by atoms with Crippen molar-refractivity contribution >= 4 is 23.0 Å². The number of para-hydroxylation sites is 1. The van der Waals surface area contributed by atoms with Gasteiger partial charge in [0.25, 0.3) is 0 Å². The molecule has 0 bridgehead atoms. The van der Waals surface area contributed by atoms with Crippen LogP contribution in [0.5, 0.6) is 0 Å². The van der Waals surface area contributed by atoms with Crippen molar-refractivity contribution < 1.29 is 4.79 Å². The molecule has 0 unspecified atom stereocenters. The molecule has 0 radical (unpaired) electrons. The van der Waals surface area contributed by atoms with Gasteiger partial charge in [-0.25, -0.2) is 5.43 Å². The highest BCUT2D eigenvalue weighted by molar-refractivity contribution is 6.06. The first-order valence-corrected chi connectivity index (χ1v) is 8.21. The highest BCUT2D eigenvalue weighted by Gasteiger charge is 2.29. The SMILES string of the molecule is Cn1c(-c2ccccc2)c(/C=N\NC(=O)C2CC2)c2ccccc21. The van der Waals surface area contributed by atoms with Gasteiger partial charge in [0, 0.05) is 29.4 Å². The molecule has 1 aliphatic carbocycles. The lowest BCUT2D eigenvalue weighted by Crippen LogP contribution is -2.19. The number of carbonyl (C=O) groups excluding carboxylic acids is 1. The third-order valence-corrected chi connectivity index (χ3v) is 4.51. The Morgan fingerprint density at radius 1 is 1.12 bits per heavy atom. The quantitative estimate of drug-likeness (QED) is 0.579. The summed E-state index contributed by atoms with van der Waals surface area (Å²) in [4.78, 5) is 11.8. The number of rotatable bonds is 4. The lowest BCUT2D eigenvalue weighted by atomic mass is 10.1. The maximum Gasteiger partial charge on any atom is 0.243 e. The molecule has 4 nitrogen and oxygen atoms in total. The summed E-state index contributed by atoms with van der Waals surface area (Å²) >= 11 is 0. The summed E-state index contributed by atoms with van der Waals surface area (Å²) in [5.74, 6) is 0.177. The minimum atomic E-state index is 0.0211. The lowest BCUT2D eigenvalue weighted by molar-refractivity contribution is -0.122. The second-order valence-corrected chi connectivity index (χ2v) is 6.21. The molecular weight excluding hydrogens is 298 g/mol. The molecule has 1 fully saturated rings. The zero-order valence-corrected chi connectivity index (χ0v) is 13.6. The van der Waals surface area contributed by atoms with Crippen molar-refractivity contribution in [3.63, 3.8) is 0 Å². The Balaban J connectivity index is 1.80. The summed E-state index contributed by atoms with van der Waals surface area (Å²) in [6, 6.07) is 18.5. The van der Waals surface area contributed by atoms with Gasteiger partial charge >= 0.3 is 0 Å². The molecule has 0 spiro atoms. The highest BCUT2D eigenvalue weighted by Crippen LogP contribution is 2.32. The molecule has 0 aliphatic heterocycles. The smallest absolute Gasteiger partial charge is 0.243 e. The van der Waals surface area contributed by atoms with Gasteiger partial charge in [-0.2, -0.15) is 5.10 Å². The molecule has 1 saturated carbocycles. The Bertz CT molecular complexity index is 921. The number of nitrogens with zero attached hydrogens (tertiary/aromatic N) is 2. The summed E-state index contributed by atoms with van der Waals surface area (Å²) in [6.45, 7) is 0. The van der Waals surface area contributed by atoms with E-state index >= 15 is 0 Å². The van der Waals surface area contributed by atoms with Crippen molar-refractivity contribution in [2.24, 2.45) is 18.1 Å². The predicted molar refractivity (Wildman–Crippen MR) is 96.8 cm³/mol. The predicted octanol–water partition coefficient (Wildman–Crippen LogP) is 3.71. The maximum absolute atomic E-state index is 11.8. The number of hydrogen-bond donors (Lipinski definition) is 1. The minimum absolute atomic E-state index is 0.0211. The van der Waals surface area contributed by atoms with Gasteiger partial charge in [0.05, 0.1) is 11.9 Å². The van der Waals surface area contributed by atoms with E-state index in [1.165, 1.54) is 0 Å². The molecule has 1 aromatic heterocycles. The number of hydrazone groups is 1. The molecule has 4 heteroatoms. The molecule has 2 aromatic carbocycles. The Hall–Kier alpha value is -2.88. The van der Waals surface area contributed by atoms with E-state index in [1.54, 1.807) is 6.21 Å². The third-order valence-electron chi connectivity index (χ3n) is 4.51. The van der Waals surface area contributed by atoms with Crippen LogP contribution in [0.4, 0.5) is 0 Å². The standard InChI is InChI=1S/C20H19N3O/c1-23-18-10-6-5-9-16(18)17(13-21-22-20(24)15-11-12-15)19(23)14-7-3-2-4-8-14/h2-10,13,15H,11-12H2,1H3,(H,22,24)/b21-13-. The van der Waals surface area contributed by atoms with Crippen molar-refractivity contribution in [2.45, 2.75) is 12.8 Å². The Morgan fingerprint density at radius 3 is 2.58 bits per heavy atom. The van der Waals surface area contributed by atoms with Gasteiger partial charge in [-0.1, -0.05) is 48.5 Å². The number of carbonyl (C=O) groups is 1. The van der Waals surface area contributed by atoms with Crippen LogP contribution in [-0.2, 0) is 11.8 Å². The molecule has 0 saturated heterocycles. The molecule has 1 aliphatic rings. The van der Waals surface area contributed by atoms with E-state index in [-0.39, 0.29) is 11.8 Å². The molecule has 24 heavy (non-hydrogen) atoms. The molecule has 4 rings (SSSR count). The van der Waals surface area contributed by atoms with Gasteiger partial charge in [-0.05, 0) is 24.5 Å². The van der Waals surface area contributed by atoms with E-state index in [4.69, 9.17) is 0 Å². The molecule has 120 valence electrons. The number of nitrogens with one attached hydrogen (secondary N) is 1. The summed E-state index contributed by atoms with van der Waals surface area (Å²) in [7, 11) is 2.06. The van der Waals surface area contributed by atoms with Crippen molar-refractivity contribution in [3.05, 3.63) is 60.2 Å². The van der Waals surface area contributed by atoms with Gasteiger partial charge in [-0.15, -0.1) is 0 Å². The fourth-order valence-electron chi connectivity index (χ4n) is 3.10. The average molecular weight is 317 g/mol. The third kappa shape index (κ3) is 2.60. The first-order chi connectivity index (χ1) is 11.8. The van der Waals surface area contributed by atoms with Crippen LogP contribution in [0.15, 0.2) is 59.7 Å². The molecular formula is C20H19N3O. The Labute approximate surface area is 140 Å². The Morgan fingerprint density at radius 2 is 1.83 bits per heavy atom. The number of hydrogen-bond acceptors (Lipinski definition) is 2. The second kappa shape index (κ2) is 5.96. The van der Waals surface area contributed by atoms with Crippen LogP contribution in [0.1, 0.15) is 18.4 Å². The van der Waals surface area contributed by atoms with Crippen molar-refractivity contribution in [2.75, 3.05) is 0 Å². The van der Waals surface area contributed by atoms with Gasteiger partial charge in [0.2, 0.25) is 5.91 Å². The van der Waals surface area contributed by atoms with E-state index in [2.05, 4.69) is 46.4 Å². The number of aryl methyl sites for hydroxylation is 1. The summed E-state index contributed by atoms with van der Waals surface area (Å²) in [5, 5.41) is 5.34. The van der Waals surface area contributed by atoms with Gasteiger partial charge < -0.3 is 4.57 Å². The van der Waals surface area contributed by atoms with E-state index in [9.17, 15) is 4.79 Å². The van der Waals surface area contributed by atoms with Gasteiger partial charge in [0.1, 0.15) is 0 Å². The first-order valence-electron chi connectivity index (χ1n) is 8.21. The van der Waals surface area contributed by atoms with E-state index in [0.29, 0.717) is 0 Å². The molecule has 3 aromatic rings. The summed E-state index contributed by atoms with van der Waals surface area (Å²) < 4.78 is 2.18. The fraction of sp³-hybridized carbons (Fsp3) is 0.200. The van der Waals surface area contributed by atoms with Crippen LogP contribution >= 0.6 is 0 Å². The van der Waals surface area contributed by atoms with Crippen molar-refractivity contribution in [1.82, 2.24) is 9.99 Å². The minimum Gasteiger partial charge on any atom is -0.343 e. The highest BCUT2D eigenvalue weighted by atomic mass is 16.2. The molecule has 1 heterocycles. The van der Waals surface area contributed by atoms with Gasteiger partial charge in [-0.3, -0.25) is 4.79 Å². The number of amides is 1. The van der Waals surface area contributed by atoms with E-state index < -0.39 is 0 Å². The largest absolute Gasteiger partial charge is 0.343 e. The Kier molecular flexibility index (Phi) is 3.65. The topological polar surface area (TPSA) is 46.4 Å². The zero-order valence-electron chi connectivity index (χ0n) is 13.6. The van der Waals surface area contributed by atoms with Crippen LogP contribution < -0.4 is 5.43 Å². The molecule has 1 amide bonds.